The summed E-state index contributed by atoms with van der Waals surface area (Å²) in [7, 11) is 0. The van der Waals surface area contributed by atoms with Gasteiger partial charge in [-0.05, 0) is 39.2 Å². The number of rotatable bonds is 6. The zero-order chi connectivity index (χ0) is 13.6. The van der Waals surface area contributed by atoms with E-state index in [9.17, 15) is 0 Å². The molecule has 0 aliphatic rings. The van der Waals surface area contributed by atoms with Gasteiger partial charge in [0.2, 0.25) is 0 Å². The van der Waals surface area contributed by atoms with Crippen LogP contribution in [0.3, 0.4) is 0 Å². The van der Waals surface area contributed by atoms with Crippen LogP contribution < -0.4 is 4.74 Å². The van der Waals surface area contributed by atoms with Crippen molar-refractivity contribution in [1.29, 1.82) is 5.26 Å². The van der Waals surface area contributed by atoms with E-state index >= 15 is 0 Å². The van der Waals surface area contributed by atoms with Crippen LogP contribution in [0.25, 0.3) is 0 Å². The summed E-state index contributed by atoms with van der Waals surface area (Å²) in [4.78, 5) is 0. The highest BCUT2D eigenvalue weighted by Gasteiger charge is 2.16. The standard InChI is InChI=1S/C15H20BrNO/c1-12-6-4-7-13(10-16)14(12)18-9-5-8-15(2,3)11-17/h4,6-7H,5,8-10H2,1-3H3. The molecule has 0 aliphatic carbocycles. The summed E-state index contributed by atoms with van der Waals surface area (Å²) >= 11 is 3.47. The lowest BCUT2D eigenvalue weighted by Crippen LogP contribution is -2.10. The summed E-state index contributed by atoms with van der Waals surface area (Å²) in [6, 6.07) is 8.47. The monoisotopic (exact) mass is 309 g/mol. The van der Waals surface area contributed by atoms with Gasteiger partial charge in [-0.2, -0.15) is 5.26 Å². The second kappa shape index (κ2) is 6.80. The summed E-state index contributed by atoms with van der Waals surface area (Å²) in [5, 5.41) is 9.74. The Balaban J connectivity index is 2.52. The molecule has 98 valence electrons. The third kappa shape index (κ3) is 4.34. The summed E-state index contributed by atoms with van der Waals surface area (Å²) in [5.74, 6) is 0.976. The van der Waals surface area contributed by atoms with Crippen molar-refractivity contribution < 1.29 is 4.74 Å². The molecule has 0 saturated carbocycles. The van der Waals surface area contributed by atoms with Crippen molar-refractivity contribution >= 4 is 15.9 Å². The number of hydrogen-bond acceptors (Lipinski definition) is 2. The van der Waals surface area contributed by atoms with Gasteiger partial charge in [0.05, 0.1) is 18.1 Å². The first-order chi connectivity index (χ1) is 8.50. The van der Waals surface area contributed by atoms with Crippen molar-refractivity contribution in [1.82, 2.24) is 0 Å². The molecular formula is C15H20BrNO. The summed E-state index contributed by atoms with van der Waals surface area (Å²) in [6.07, 6.45) is 1.76. The van der Waals surface area contributed by atoms with Crippen LogP contribution in [-0.2, 0) is 5.33 Å². The van der Waals surface area contributed by atoms with E-state index in [1.807, 2.05) is 19.9 Å². The molecule has 18 heavy (non-hydrogen) atoms. The maximum atomic E-state index is 8.94. The number of nitriles is 1. The van der Waals surface area contributed by atoms with E-state index in [2.05, 4.69) is 41.1 Å². The van der Waals surface area contributed by atoms with Crippen molar-refractivity contribution in [2.45, 2.75) is 38.9 Å². The number of aryl methyl sites for hydroxylation is 1. The Morgan fingerprint density at radius 3 is 2.72 bits per heavy atom. The molecule has 2 nitrogen and oxygen atoms in total. The molecule has 0 spiro atoms. The average molecular weight is 310 g/mol. The van der Waals surface area contributed by atoms with Gasteiger partial charge in [-0.3, -0.25) is 0 Å². The maximum absolute atomic E-state index is 8.94. The number of benzene rings is 1. The van der Waals surface area contributed by atoms with Gasteiger partial charge in [-0.25, -0.2) is 0 Å². The Hall–Kier alpha value is -1.01. The highest BCUT2D eigenvalue weighted by atomic mass is 79.9. The van der Waals surface area contributed by atoms with Crippen LogP contribution in [0.1, 0.15) is 37.8 Å². The summed E-state index contributed by atoms with van der Waals surface area (Å²) in [6.45, 7) is 6.64. The minimum Gasteiger partial charge on any atom is -0.493 e. The van der Waals surface area contributed by atoms with Gasteiger partial charge in [0, 0.05) is 10.9 Å². The van der Waals surface area contributed by atoms with Gasteiger partial charge in [0.1, 0.15) is 5.75 Å². The van der Waals surface area contributed by atoms with Crippen LogP contribution in [0, 0.1) is 23.7 Å². The molecule has 0 radical (unpaired) electrons. The predicted octanol–water partition coefficient (Wildman–Crippen LogP) is 4.60. The fourth-order valence-corrected chi connectivity index (χ4v) is 2.21. The molecule has 0 N–H and O–H groups in total. The molecule has 3 heteroatoms. The fraction of sp³-hybridized carbons (Fsp3) is 0.533. The first-order valence-electron chi connectivity index (χ1n) is 6.18. The summed E-state index contributed by atoms with van der Waals surface area (Å²) < 4.78 is 5.86. The first kappa shape index (κ1) is 15.0. The molecule has 0 aromatic heterocycles. The minimum atomic E-state index is -0.257. The quantitative estimate of drug-likeness (QED) is 0.568. The molecule has 0 bridgehead atoms. The van der Waals surface area contributed by atoms with Crippen LogP contribution >= 0.6 is 15.9 Å². The molecule has 0 saturated heterocycles. The number of nitrogens with zero attached hydrogens (tertiary/aromatic N) is 1. The van der Waals surface area contributed by atoms with Crippen LogP contribution in [0.5, 0.6) is 5.75 Å². The van der Waals surface area contributed by atoms with E-state index < -0.39 is 0 Å². The van der Waals surface area contributed by atoms with Gasteiger partial charge < -0.3 is 4.74 Å². The normalized spacial score (nSPS) is 11.1. The first-order valence-corrected chi connectivity index (χ1v) is 7.31. The van der Waals surface area contributed by atoms with Crippen molar-refractivity contribution in [3.05, 3.63) is 29.3 Å². The lowest BCUT2D eigenvalue weighted by Gasteiger charge is -2.16. The Bertz CT molecular complexity index is 435. The number of ether oxygens (including phenoxy) is 1. The minimum absolute atomic E-state index is 0.257. The Labute approximate surface area is 118 Å². The second-order valence-electron chi connectivity index (χ2n) is 5.14. The van der Waals surface area contributed by atoms with Gasteiger partial charge in [0.15, 0.2) is 0 Å². The molecule has 0 amide bonds. The lowest BCUT2D eigenvalue weighted by atomic mass is 9.90. The van der Waals surface area contributed by atoms with E-state index in [0.29, 0.717) is 6.61 Å². The van der Waals surface area contributed by atoms with Crippen LogP contribution in [0.4, 0.5) is 0 Å². The molecule has 0 fully saturated rings. The number of alkyl halides is 1. The molecule has 0 heterocycles. The molecule has 1 aromatic rings. The van der Waals surface area contributed by atoms with E-state index in [4.69, 9.17) is 10.00 Å². The highest BCUT2D eigenvalue weighted by Crippen LogP contribution is 2.26. The third-order valence-corrected chi connectivity index (χ3v) is 3.54. The molecule has 0 atom stereocenters. The molecular weight excluding hydrogens is 290 g/mol. The topological polar surface area (TPSA) is 33.0 Å². The van der Waals surface area contributed by atoms with Gasteiger partial charge >= 0.3 is 0 Å². The van der Waals surface area contributed by atoms with Gasteiger partial charge in [-0.1, -0.05) is 34.1 Å². The molecule has 1 aromatic carbocycles. The van der Waals surface area contributed by atoms with E-state index in [1.54, 1.807) is 0 Å². The highest BCUT2D eigenvalue weighted by molar-refractivity contribution is 9.08. The number of halogens is 1. The third-order valence-electron chi connectivity index (χ3n) is 2.93. The van der Waals surface area contributed by atoms with E-state index in [1.165, 1.54) is 5.56 Å². The van der Waals surface area contributed by atoms with Crippen molar-refractivity contribution in [3.63, 3.8) is 0 Å². The van der Waals surface area contributed by atoms with Gasteiger partial charge in [-0.15, -0.1) is 0 Å². The maximum Gasteiger partial charge on any atom is 0.126 e. The smallest absolute Gasteiger partial charge is 0.126 e. The second-order valence-corrected chi connectivity index (χ2v) is 5.71. The molecule has 0 aliphatic heterocycles. The van der Waals surface area contributed by atoms with E-state index in [0.717, 1.165) is 29.5 Å². The van der Waals surface area contributed by atoms with Crippen molar-refractivity contribution in [2.24, 2.45) is 5.41 Å². The predicted molar refractivity (Wildman–Crippen MR) is 77.9 cm³/mol. The summed E-state index contributed by atoms with van der Waals surface area (Å²) in [5.41, 5.74) is 2.08. The SMILES string of the molecule is Cc1cccc(CBr)c1OCCCC(C)(C)C#N. The zero-order valence-electron chi connectivity index (χ0n) is 11.3. The van der Waals surface area contributed by atoms with Crippen LogP contribution in [0.2, 0.25) is 0 Å². The lowest BCUT2D eigenvalue weighted by molar-refractivity contribution is 0.281. The van der Waals surface area contributed by atoms with Crippen molar-refractivity contribution in [3.8, 4) is 11.8 Å². The Morgan fingerprint density at radius 1 is 1.39 bits per heavy atom. The molecule has 1 rings (SSSR count). The largest absolute Gasteiger partial charge is 0.493 e. The fourth-order valence-electron chi connectivity index (χ4n) is 1.77. The van der Waals surface area contributed by atoms with Crippen LogP contribution in [0.15, 0.2) is 18.2 Å². The zero-order valence-corrected chi connectivity index (χ0v) is 12.9. The Kier molecular flexibility index (Phi) is 5.68. The van der Waals surface area contributed by atoms with Gasteiger partial charge in [0.25, 0.3) is 0 Å². The van der Waals surface area contributed by atoms with Crippen LogP contribution in [-0.4, -0.2) is 6.61 Å². The van der Waals surface area contributed by atoms with E-state index in [-0.39, 0.29) is 5.41 Å². The number of para-hydroxylation sites is 1. The van der Waals surface area contributed by atoms with Crippen molar-refractivity contribution in [2.75, 3.05) is 6.61 Å². The average Bonchev–Trinajstić information content (AvgIpc) is 2.36. The molecule has 0 unspecified atom stereocenters. The Morgan fingerprint density at radius 2 is 2.11 bits per heavy atom. The number of hydrogen-bond donors (Lipinski definition) is 0.